The molecule has 2 aliphatic rings. The van der Waals surface area contributed by atoms with Gasteiger partial charge in [-0.15, -0.1) is 0 Å². The SMILES string of the molecule is C/C=C1\C(=NC(C)CC)C(Br)=Cc2nc(NCC)nc(N3CCOC(CO)C3)c21. The Hall–Kier alpha value is -1.77. The second-order valence-electron chi connectivity index (χ2n) is 7.21. The molecule has 8 heteroatoms. The molecule has 0 spiro atoms. The van der Waals surface area contributed by atoms with Crippen molar-refractivity contribution in [3.63, 3.8) is 0 Å². The van der Waals surface area contributed by atoms with Crippen molar-refractivity contribution < 1.29 is 9.84 Å². The number of hydrogen-bond acceptors (Lipinski definition) is 7. The van der Waals surface area contributed by atoms with Gasteiger partial charge in [0.05, 0.1) is 36.3 Å². The van der Waals surface area contributed by atoms with Gasteiger partial charge in [-0.2, -0.15) is 4.98 Å². The maximum atomic E-state index is 9.59. The van der Waals surface area contributed by atoms with Crippen LogP contribution in [0.3, 0.4) is 0 Å². The molecule has 0 saturated carbocycles. The molecule has 1 aliphatic heterocycles. The highest BCUT2D eigenvalue weighted by Crippen LogP contribution is 2.39. The first-order valence-corrected chi connectivity index (χ1v) is 11.1. The van der Waals surface area contributed by atoms with E-state index in [1.165, 1.54) is 0 Å². The molecule has 7 nitrogen and oxygen atoms in total. The van der Waals surface area contributed by atoms with E-state index >= 15 is 0 Å². The highest BCUT2D eigenvalue weighted by molar-refractivity contribution is 9.12. The van der Waals surface area contributed by atoms with Crippen LogP contribution < -0.4 is 10.2 Å². The van der Waals surface area contributed by atoms with Gasteiger partial charge in [0.25, 0.3) is 0 Å². The third-order valence-corrected chi connectivity index (χ3v) is 5.74. The van der Waals surface area contributed by atoms with E-state index in [-0.39, 0.29) is 18.8 Å². The normalized spacial score (nSPS) is 23.2. The quantitative estimate of drug-likeness (QED) is 0.671. The summed E-state index contributed by atoms with van der Waals surface area (Å²) >= 11 is 3.71. The lowest BCUT2D eigenvalue weighted by atomic mass is 9.93. The van der Waals surface area contributed by atoms with Crippen LogP contribution in [-0.2, 0) is 4.74 Å². The highest BCUT2D eigenvalue weighted by atomic mass is 79.9. The largest absolute Gasteiger partial charge is 0.394 e. The zero-order chi connectivity index (χ0) is 21.0. The fraction of sp³-hybridized carbons (Fsp3) is 0.571. The third kappa shape index (κ3) is 4.70. The number of fused-ring (bicyclic) bond motifs is 1. The van der Waals surface area contributed by atoms with E-state index in [1.807, 2.05) is 19.9 Å². The molecule has 0 bridgehead atoms. The van der Waals surface area contributed by atoms with Crippen molar-refractivity contribution >= 4 is 45.1 Å². The second-order valence-corrected chi connectivity index (χ2v) is 8.07. The predicted molar refractivity (Wildman–Crippen MR) is 123 cm³/mol. The molecule has 0 amide bonds. The first-order chi connectivity index (χ1) is 14.0. The van der Waals surface area contributed by atoms with Gasteiger partial charge >= 0.3 is 0 Å². The summed E-state index contributed by atoms with van der Waals surface area (Å²) in [6.07, 6.45) is 4.86. The Labute approximate surface area is 181 Å². The minimum absolute atomic E-state index is 0.00745. The van der Waals surface area contributed by atoms with Crippen LogP contribution in [0.5, 0.6) is 0 Å². The molecule has 0 radical (unpaired) electrons. The predicted octanol–water partition coefficient (Wildman–Crippen LogP) is 3.50. The molecule has 158 valence electrons. The van der Waals surface area contributed by atoms with Gasteiger partial charge in [-0.25, -0.2) is 4.98 Å². The van der Waals surface area contributed by atoms with Gasteiger partial charge in [-0.05, 0) is 49.2 Å². The van der Waals surface area contributed by atoms with Crippen molar-refractivity contribution in [2.75, 3.05) is 43.1 Å². The van der Waals surface area contributed by atoms with Crippen LogP contribution in [0.2, 0.25) is 0 Å². The fourth-order valence-corrected chi connectivity index (χ4v) is 4.01. The van der Waals surface area contributed by atoms with Crippen LogP contribution in [0.15, 0.2) is 15.6 Å². The van der Waals surface area contributed by atoms with Crippen molar-refractivity contribution in [2.24, 2.45) is 4.99 Å². The monoisotopic (exact) mass is 463 g/mol. The van der Waals surface area contributed by atoms with Crippen molar-refractivity contribution in [1.82, 2.24) is 9.97 Å². The van der Waals surface area contributed by atoms with E-state index < -0.39 is 0 Å². The minimum atomic E-state index is -0.217. The molecule has 1 fully saturated rings. The summed E-state index contributed by atoms with van der Waals surface area (Å²) in [7, 11) is 0. The molecule has 2 atom stereocenters. The molecule has 2 unspecified atom stereocenters. The first kappa shape index (κ1) is 21.9. The zero-order valence-electron chi connectivity index (χ0n) is 17.6. The van der Waals surface area contributed by atoms with Crippen LogP contribution in [-0.4, -0.2) is 65.8 Å². The Balaban J connectivity index is 2.17. The van der Waals surface area contributed by atoms with Crippen molar-refractivity contribution in [1.29, 1.82) is 0 Å². The maximum Gasteiger partial charge on any atom is 0.225 e. The highest BCUT2D eigenvalue weighted by Gasteiger charge is 2.31. The zero-order valence-corrected chi connectivity index (χ0v) is 19.2. The van der Waals surface area contributed by atoms with E-state index in [9.17, 15) is 5.11 Å². The number of nitrogens with zero attached hydrogens (tertiary/aromatic N) is 4. The van der Waals surface area contributed by atoms with Gasteiger partial charge in [-0.3, -0.25) is 4.99 Å². The summed E-state index contributed by atoms with van der Waals surface area (Å²) in [5.74, 6) is 1.46. The summed E-state index contributed by atoms with van der Waals surface area (Å²) in [6, 6.07) is 0.218. The number of aliphatic imine (C=N–C) groups is 1. The number of anilines is 2. The van der Waals surface area contributed by atoms with Crippen LogP contribution in [0, 0.1) is 0 Å². The number of aliphatic hydroxyl groups excluding tert-OH is 1. The van der Waals surface area contributed by atoms with Gasteiger partial charge in [0.2, 0.25) is 5.95 Å². The molecular formula is C21H30BrN5O2. The molecule has 1 aromatic rings. The minimum Gasteiger partial charge on any atom is -0.394 e. The fourth-order valence-electron chi connectivity index (χ4n) is 3.48. The van der Waals surface area contributed by atoms with Crippen LogP contribution in [0.25, 0.3) is 11.6 Å². The number of allylic oxidation sites excluding steroid dienone is 3. The van der Waals surface area contributed by atoms with Gasteiger partial charge in [0.1, 0.15) is 5.82 Å². The summed E-state index contributed by atoms with van der Waals surface area (Å²) in [5.41, 5.74) is 3.81. The Morgan fingerprint density at radius 1 is 1.45 bits per heavy atom. The summed E-state index contributed by atoms with van der Waals surface area (Å²) in [6.45, 7) is 10.9. The third-order valence-electron chi connectivity index (χ3n) is 5.14. The second kappa shape index (κ2) is 9.82. The smallest absolute Gasteiger partial charge is 0.225 e. The number of hydrogen-bond donors (Lipinski definition) is 2. The van der Waals surface area contributed by atoms with Crippen LogP contribution >= 0.6 is 15.9 Å². The Bertz CT molecular complexity index is 837. The van der Waals surface area contributed by atoms with E-state index in [4.69, 9.17) is 19.7 Å². The molecule has 1 saturated heterocycles. The van der Waals surface area contributed by atoms with Crippen LogP contribution in [0.4, 0.5) is 11.8 Å². The maximum absolute atomic E-state index is 9.59. The van der Waals surface area contributed by atoms with E-state index in [0.717, 1.165) is 45.8 Å². The molecular weight excluding hydrogens is 434 g/mol. The first-order valence-electron chi connectivity index (χ1n) is 10.3. The molecule has 0 aromatic carbocycles. The molecule has 3 rings (SSSR count). The van der Waals surface area contributed by atoms with Gasteiger partial charge in [0, 0.05) is 35.7 Å². The Morgan fingerprint density at radius 3 is 2.90 bits per heavy atom. The van der Waals surface area contributed by atoms with Gasteiger partial charge < -0.3 is 20.1 Å². The lowest BCUT2D eigenvalue weighted by Crippen LogP contribution is -2.45. The summed E-state index contributed by atoms with van der Waals surface area (Å²) < 4.78 is 6.58. The number of halogens is 1. The van der Waals surface area contributed by atoms with Crippen molar-refractivity contribution in [3.8, 4) is 0 Å². The molecule has 2 N–H and O–H groups in total. The number of aromatic nitrogens is 2. The number of nitrogens with one attached hydrogen (secondary N) is 1. The molecule has 1 aliphatic carbocycles. The molecule has 29 heavy (non-hydrogen) atoms. The van der Waals surface area contributed by atoms with Gasteiger partial charge in [-0.1, -0.05) is 13.0 Å². The Kier molecular flexibility index (Phi) is 7.43. The molecule has 2 heterocycles. The number of aliphatic hydroxyl groups is 1. The lowest BCUT2D eigenvalue weighted by molar-refractivity contribution is 0.00335. The average molecular weight is 464 g/mol. The van der Waals surface area contributed by atoms with Crippen LogP contribution in [0.1, 0.15) is 45.4 Å². The van der Waals surface area contributed by atoms with E-state index in [0.29, 0.717) is 25.6 Å². The molecule has 1 aromatic heterocycles. The average Bonchev–Trinajstić information content (AvgIpc) is 2.74. The van der Waals surface area contributed by atoms with Crippen molar-refractivity contribution in [2.45, 2.75) is 46.3 Å². The number of morpholine rings is 1. The van der Waals surface area contributed by atoms with E-state index in [2.05, 4.69) is 46.1 Å². The number of rotatable bonds is 6. The number of ether oxygens (including phenoxy) is 1. The topological polar surface area (TPSA) is 82.9 Å². The summed E-state index contributed by atoms with van der Waals surface area (Å²) in [5, 5.41) is 12.8. The standard InChI is InChI=1S/C21H30BrN5O2/c1-5-13(4)24-19-15(6-2)18-17(10-16(19)22)25-21(23-7-3)26-20(18)27-8-9-29-14(11-27)12-28/h6,10,13-14,28H,5,7-9,11-12H2,1-4H3,(H,23,25,26)/b15-6-,24-19?. The lowest BCUT2D eigenvalue weighted by Gasteiger charge is -2.35. The van der Waals surface area contributed by atoms with Gasteiger partial charge in [0.15, 0.2) is 0 Å². The summed E-state index contributed by atoms with van der Waals surface area (Å²) in [4.78, 5) is 16.7. The van der Waals surface area contributed by atoms with E-state index in [1.54, 1.807) is 0 Å². The van der Waals surface area contributed by atoms with Crippen molar-refractivity contribution in [3.05, 3.63) is 21.8 Å². The Morgan fingerprint density at radius 2 is 2.24 bits per heavy atom.